The van der Waals surface area contributed by atoms with E-state index >= 15 is 0 Å². The van der Waals surface area contributed by atoms with E-state index in [4.69, 9.17) is 4.74 Å². The predicted octanol–water partition coefficient (Wildman–Crippen LogP) is 3.99. The number of halogens is 2. The highest BCUT2D eigenvalue weighted by atomic mass is 79.9. The molecule has 0 atom stereocenters. The van der Waals surface area contributed by atoms with E-state index in [-0.39, 0.29) is 12.4 Å². The number of rotatable bonds is 5. The smallest absolute Gasteiger partial charge is 0.188 e. The van der Waals surface area contributed by atoms with Gasteiger partial charge in [0, 0.05) is 10.0 Å². The molecule has 0 fully saturated rings. The average Bonchev–Trinajstić information content (AvgIpc) is 2.38. The third-order valence-electron chi connectivity index (χ3n) is 2.54. The zero-order chi connectivity index (χ0) is 13.7. The molecule has 0 aliphatic heterocycles. The highest BCUT2D eigenvalue weighted by molar-refractivity contribution is 9.10. The fourth-order valence-electron chi connectivity index (χ4n) is 1.63. The number of ketones is 1. The molecule has 0 saturated carbocycles. The summed E-state index contributed by atoms with van der Waals surface area (Å²) in [6.45, 7) is 0.288. The first-order valence-electron chi connectivity index (χ1n) is 5.76. The molecule has 0 aliphatic rings. The molecule has 0 amide bonds. The first kappa shape index (κ1) is 13.9. The van der Waals surface area contributed by atoms with Crippen LogP contribution in [0.15, 0.2) is 53.0 Å². The molecule has 19 heavy (non-hydrogen) atoms. The number of hydrogen-bond donors (Lipinski definition) is 0. The van der Waals surface area contributed by atoms with Gasteiger partial charge in [-0.05, 0) is 29.8 Å². The first-order valence-corrected chi connectivity index (χ1v) is 6.55. The van der Waals surface area contributed by atoms with Gasteiger partial charge in [-0.2, -0.15) is 0 Å². The van der Waals surface area contributed by atoms with Crippen molar-refractivity contribution in [2.45, 2.75) is 6.61 Å². The molecule has 0 spiro atoms. The Labute approximate surface area is 119 Å². The molecule has 2 nitrogen and oxygen atoms in total. The van der Waals surface area contributed by atoms with Crippen molar-refractivity contribution < 1.29 is 13.9 Å². The van der Waals surface area contributed by atoms with Crippen molar-refractivity contribution in [2.24, 2.45) is 0 Å². The molecule has 0 aliphatic carbocycles. The van der Waals surface area contributed by atoms with Crippen LogP contribution >= 0.6 is 15.9 Å². The third kappa shape index (κ3) is 4.26. The van der Waals surface area contributed by atoms with Crippen molar-refractivity contribution in [3.05, 3.63) is 69.9 Å². The van der Waals surface area contributed by atoms with Gasteiger partial charge in [0.05, 0.1) is 6.61 Å². The Morgan fingerprint density at radius 1 is 1.16 bits per heavy atom. The monoisotopic (exact) mass is 322 g/mol. The van der Waals surface area contributed by atoms with Crippen LogP contribution in [0, 0.1) is 5.82 Å². The summed E-state index contributed by atoms with van der Waals surface area (Å²) in [7, 11) is 0. The molecule has 2 aromatic carbocycles. The summed E-state index contributed by atoms with van der Waals surface area (Å²) in [5, 5.41) is 0. The largest absolute Gasteiger partial charge is 0.369 e. The van der Waals surface area contributed by atoms with Gasteiger partial charge in [0.15, 0.2) is 5.78 Å². The minimum atomic E-state index is -0.419. The summed E-state index contributed by atoms with van der Waals surface area (Å²) in [5.74, 6) is -0.646. The third-order valence-corrected chi connectivity index (χ3v) is 3.03. The van der Waals surface area contributed by atoms with Gasteiger partial charge in [0.1, 0.15) is 12.4 Å². The number of carbonyl (C=O) groups excluding carboxylic acids is 1. The van der Waals surface area contributed by atoms with Crippen molar-refractivity contribution >= 4 is 21.7 Å². The van der Waals surface area contributed by atoms with Gasteiger partial charge in [0.2, 0.25) is 0 Å². The van der Waals surface area contributed by atoms with Crippen LogP contribution in [0.1, 0.15) is 15.9 Å². The Kier molecular flexibility index (Phi) is 4.82. The average molecular weight is 323 g/mol. The van der Waals surface area contributed by atoms with E-state index in [0.717, 1.165) is 10.0 Å². The molecule has 0 aromatic heterocycles. The maximum atomic E-state index is 13.0. The molecular formula is C15H12BrFO2. The summed E-state index contributed by atoms with van der Waals surface area (Å²) in [6.07, 6.45) is 0. The van der Waals surface area contributed by atoms with E-state index in [1.165, 1.54) is 18.2 Å². The molecular weight excluding hydrogens is 311 g/mol. The minimum Gasteiger partial charge on any atom is -0.369 e. The number of Topliss-reactive ketones (excluding diaryl/α,β-unsaturated/α-hetero) is 1. The van der Waals surface area contributed by atoms with Gasteiger partial charge >= 0.3 is 0 Å². The summed E-state index contributed by atoms with van der Waals surface area (Å²) < 4.78 is 19.3. The molecule has 0 N–H and O–H groups in total. The minimum absolute atomic E-state index is 0.0596. The predicted molar refractivity (Wildman–Crippen MR) is 74.5 cm³/mol. The summed E-state index contributed by atoms with van der Waals surface area (Å²) in [5.41, 5.74) is 1.30. The van der Waals surface area contributed by atoms with Crippen molar-refractivity contribution in [3.8, 4) is 0 Å². The Balaban J connectivity index is 1.87. The van der Waals surface area contributed by atoms with Crippen molar-refractivity contribution in [1.29, 1.82) is 0 Å². The van der Waals surface area contributed by atoms with Crippen LogP contribution in [0.4, 0.5) is 4.39 Å². The van der Waals surface area contributed by atoms with E-state index in [1.807, 2.05) is 24.3 Å². The lowest BCUT2D eigenvalue weighted by Crippen LogP contribution is -2.09. The van der Waals surface area contributed by atoms with Crippen LogP contribution in [0.5, 0.6) is 0 Å². The maximum absolute atomic E-state index is 13.0. The van der Waals surface area contributed by atoms with Gasteiger partial charge in [-0.1, -0.05) is 40.2 Å². The first-order chi connectivity index (χ1) is 9.15. The van der Waals surface area contributed by atoms with E-state index in [2.05, 4.69) is 15.9 Å². The van der Waals surface area contributed by atoms with Gasteiger partial charge in [-0.15, -0.1) is 0 Å². The zero-order valence-corrected chi connectivity index (χ0v) is 11.7. The van der Waals surface area contributed by atoms with Crippen molar-refractivity contribution in [1.82, 2.24) is 0 Å². The van der Waals surface area contributed by atoms with Gasteiger partial charge < -0.3 is 4.74 Å². The van der Waals surface area contributed by atoms with Crippen molar-refractivity contribution in [2.75, 3.05) is 6.61 Å². The fraction of sp³-hybridized carbons (Fsp3) is 0.133. The van der Waals surface area contributed by atoms with Crippen LogP contribution in [-0.2, 0) is 11.3 Å². The molecule has 0 saturated heterocycles. The molecule has 0 radical (unpaired) electrons. The van der Waals surface area contributed by atoms with E-state index in [0.29, 0.717) is 12.2 Å². The van der Waals surface area contributed by atoms with Crippen LogP contribution in [0.2, 0.25) is 0 Å². The van der Waals surface area contributed by atoms with Crippen LogP contribution < -0.4 is 0 Å². The Morgan fingerprint density at radius 3 is 2.68 bits per heavy atom. The van der Waals surface area contributed by atoms with Gasteiger partial charge in [-0.25, -0.2) is 4.39 Å². The normalized spacial score (nSPS) is 10.4. The summed E-state index contributed by atoms with van der Waals surface area (Å²) in [6, 6.07) is 13.3. The van der Waals surface area contributed by atoms with E-state index in [9.17, 15) is 9.18 Å². The second-order valence-corrected chi connectivity index (χ2v) is 4.97. The highest BCUT2D eigenvalue weighted by Crippen LogP contribution is 2.12. The van der Waals surface area contributed by atoms with Crippen LogP contribution in [-0.4, -0.2) is 12.4 Å². The zero-order valence-electron chi connectivity index (χ0n) is 10.1. The quantitative estimate of drug-likeness (QED) is 0.778. The molecule has 98 valence electrons. The second kappa shape index (κ2) is 6.59. The Hall–Kier alpha value is -1.52. The lowest BCUT2D eigenvalue weighted by molar-refractivity contribution is 0.0726. The fourth-order valence-corrected chi connectivity index (χ4v) is 2.08. The molecule has 2 rings (SSSR count). The number of carbonyl (C=O) groups is 1. The highest BCUT2D eigenvalue weighted by Gasteiger charge is 2.07. The molecule has 0 heterocycles. The topological polar surface area (TPSA) is 26.3 Å². The molecule has 2 aromatic rings. The number of benzene rings is 2. The standard InChI is InChI=1S/C15H12BrFO2/c16-13-5-1-3-11(7-13)9-19-10-15(18)12-4-2-6-14(17)8-12/h1-8H,9-10H2. The number of hydrogen-bond acceptors (Lipinski definition) is 2. The SMILES string of the molecule is O=C(COCc1cccc(Br)c1)c1cccc(F)c1. The van der Waals surface area contributed by atoms with Gasteiger partial charge in [0.25, 0.3) is 0 Å². The lowest BCUT2D eigenvalue weighted by Gasteiger charge is -2.04. The van der Waals surface area contributed by atoms with E-state index < -0.39 is 5.82 Å². The molecule has 0 bridgehead atoms. The number of ether oxygens (including phenoxy) is 1. The Bertz CT molecular complexity index is 584. The molecule has 4 heteroatoms. The Morgan fingerprint density at radius 2 is 1.95 bits per heavy atom. The summed E-state index contributed by atoms with van der Waals surface area (Å²) >= 11 is 3.36. The summed E-state index contributed by atoms with van der Waals surface area (Å²) in [4.78, 5) is 11.8. The van der Waals surface area contributed by atoms with Crippen LogP contribution in [0.3, 0.4) is 0 Å². The van der Waals surface area contributed by atoms with Crippen molar-refractivity contribution in [3.63, 3.8) is 0 Å². The van der Waals surface area contributed by atoms with E-state index in [1.54, 1.807) is 6.07 Å². The van der Waals surface area contributed by atoms with Gasteiger partial charge in [-0.3, -0.25) is 4.79 Å². The second-order valence-electron chi connectivity index (χ2n) is 4.06. The lowest BCUT2D eigenvalue weighted by atomic mass is 10.1. The maximum Gasteiger partial charge on any atom is 0.188 e. The van der Waals surface area contributed by atoms with Crippen LogP contribution in [0.25, 0.3) is 0 Å². The molecule has 0 unspecified atom stereocenters.